The summed E-state index contributed by atoms with van der Waals surface area (Å²) in [6.07, 6.45) is 4.93. The number of nitrogens with zero attached hydrogens (tertiary/aromatic N) is 1. The Morgan fingerprint density at radius 2 is 1.84 bits per heavy atom. The second-order valence-corrected chi connectivity index (χ2v) is 7.42. The van der Waals surface area contributed by atoms with Crippen LogP contribution in [0.15, 0.2) is 60.8 Å². The molecule has 2 aromatic carbocycles. The minimum absolute atomic E-state index is 0.164. The number of aromatic nitrogens is 1. The highest BCUT2D eigenvalue weighted by Crippen LogP contribution is 2.31. The first-order valence-corrected chi connectivity index (χ1v) is 10.2. The largest absolute Gasteiger partial charge is 0.392 e. The molecule has 0 aliphatic carbocycles. The lowest BCUT2D eigenvalue weighted by atomic mass is 10.1. The Morgan fingerprint density at radius 3 is 2.52 bits per heavy atom. The van der Waals surface area contributed by atoms with Gasteiger partial charge in [0.05, 0.1) is 23.9 Å². The summed E-state index contributed by atoms with van der Waals surface area (Å²) >= 11 is 12.5. The van der Waals surface area contributed by atoms with Crippen LogP contribution in [0.5, 0.6) is 0 Å². The van der Waals surface area contributed by atoms with Crippen LogP contribution in [-0.2, 0) is 17.9 Å². The number of carbonyl (C=O) groups excluding carboxylic acids is 2. The van der Waals surface area contributed by atoms with Crippen molar-refractivity contribution in [2.75, 3.05) is 7.05 Å². The number of hydrogen-bond donors (Lipinski definition) is 3. The van der Waals surface area contributed by atoms with Crippen molar-refractivity contribution in [3.05, 3.63) is 93.2 Å². The number of halogens is 2. The predicted octanol–water partition coefficient (Wildman–Crippen LogP) is 3.97. The average molecular weight is 458 g/mol. The summed E-state index contributed by atoms with van der Waals surface area (Å²) in [5.74, 6) is -0.426. The normalized spacial score (nSPS) is 11.0. The van der Waals surface area contributed by atoms with Crippen molar-refractivity contribution in [3.63, 3.8) is 0 Å². The number of benzene rings is 2. The zero-order valence-electron chi connectivity index (χ0n) is 16.7. The number of amides is 2. The summed E-state index contributed by atoms with van der Waals surface area (Å²) < 4.78 is 1.83. The van der Waals surface area contributed by atoms with E-state index in [1.807, 2.05) is 22.9 Å². The Hall–Kier alpha value is -3.06. The van der Waals surface area contributed by atoms with Crippen LogP contribution in [0.25, 0.3) is 11.8 Å². The van der Waals surface area contributed by atoms with Crippen LogP contribution in [-0.4, -0.2) is 28.5 Å². The SMILES string of the molecule is CNC(=O)c1ccc(C=CC(=O)NCc2cccn2-c2ccc(Cl)c(CO)c2Cl)cc1. The second kappa shape index (κ2) is 10.3. The van der Waals surface area contributed by atoms with Crippen molar-refractivity contribution >= 4 is 41.1 Å². The van der Waals surface area contributed by atoms with Crippen molar-refractivity contribution in [1.29, 1.82) is 0 Å². The molecule has 160 valence electrons. The van der Waals surface area contributed by atoms with Gasteiger partial charge in [0.15, 0.2) is 0 Å². The third-order valence-electron chi connectivity index (χ3n) is 4.69. The zero-order valence-corrected chi connectivity index (χ0v) is 18.2. The lowest BCUT2D eigenvalue weighted by Crippen LogP contribution is -2.21. The van der Waals surface area contributed by atoms with Crippen LogP contribution in [0.4, 0.5) is 0 Å². The fourth-order valence-electron chi connectivity index (χ4n) is 3.01. The molecule has 0 saturated carbocycles. The molecule has 0 spiro atoms. The smallest absolute Gasteiger partial charge is 0.251 e. The lowest BCUT2D eigenvalue weighted by Gasteiger charge is -2.14. The van der Waals surface area contributed by atoms with E-state index in [2.05, 4.69) is 10.6 Å². The zero-order chi connectivity index (χ0) is 22.4. The number of rotatable bonds is 7. The van der Waals surface area contributed by atoms with E-state index < -0.39 is 0 Å². The summed E-state index contributed by atoms with van der Waals surface area (Å²) in [5, 5.41) is 15.7. The van der Waals surface area contributed by atoms with Gasteiger partial charge in [-0.15, -0.1) is 0 Å². The highest BCUT2D eigenvalue weighted by Gasteiger charge is 2.13. The molecular weight excluding hydrogens is 437 g/mol. The van der Waals surface area contributed by atoms with Gasteiger partial charge in [-0.3, -0.25) is 9.59 Å². The highest BCUT2D eigenvalue weighted by molar-refractivity contribution is 6.37. The van der Waals surface area contributed by atoms with Gasteiger partial charge in [0.1, 0.15) is 0 Å². The van der Waals surface area contributed by atoms with Crippen LogP contribution in [0.2, 0.25) is 10.0 Å². The first-order chi connectivity index (χ1) is 14.9. The van der Waals surface area contributed by atoms with Crippen LogP contribution >= 0.6 is 23.2 Å². The van der Waals surface area contributed by atoms with Crippen LogP contribution in [0.1, 0.15) is 27.2 Å². The maximum absolute atomic E-state index is 12.2. The van der Waals surface area contributed by atoms with Gasteiger partial charge in [-0.1, -0.05) is 35.3 Å². The molecule has 0 aliphatic heterocycles. The number of hydrogen-bond acceptors (Lipinski definition) is 3. The van der Waals surface area contributed by atoms with E-state index in [1.165, 1.54) is 6.08 Å². The predicted molar refractivity (Wildman–Crippen MR) is 122 cm³/mol. The second-order valence-electron chi connectivity index (χ2n) is 6.64. The van der Waals surface area contributed by atoms with Crippen LogP contribution < -0.4 is 10.6 Å². The van der Waals surface area contributed by atoms with E-state index >= 15 is 0 Å². The van der Waals surface area contributed by atoms with Crippen molar-refractivity contribution in [2.24, 2.45) is 0 Å². The third-order valence-corrected chi connectivity index (χ3v) is 5.46. The molecule has 3 aromatic rings. The van der Waals surface area contributed by atoms with Crippen LogP contribution in [0, 0.1) is 0 Å². The van der Waals surface area contributed by atoms with Gasteiger partial charge < -0.3 is 20.3 Å². The maximum Gasteiger partial charge on any atom is 0.251 e. The molecule has 6 nitrogen and oxygen atoms in total. The van der Waals surface area contributed by atoms with E-state index in [0.717, 1.165) is 11.3 Å². The molecular formula is C23H21Cl2N3O3. The number of aliphatic hydroxyl groups is 1. The molecule has 3 rings (SSSR count). The molecule has 8 heteroatoms. The molecule has 1 heterocycles. The van der Waals surface area contributed by atoms with E-state index in [1.54, 1.807) is 49.5 Å². The quantitative estimate of drug-likeness (QED) is 0.469. The van der Waals surface area contributed by atoms with Gasteiger partial charge in [-0.2, -0.15) is 0 Å². The molecule has 0 radical (unpaired) electrons. The minimum Gasteiger partial charge on any atom is -0.392 e. The first kappa shape index (κ1) is 22.6. The fourth-order valence-corrected chi connectivity index (χ4v) is 3.59. The Kier molecular flexibility index (Phi) is 7.52. The fraction of sp³-hybridized carbons (Fsp3) is 0.130. The van der Waals surface area contributed by atoms with Crippen molar-refractivity contribution < 1.29 is 14.7 Å². The van der Waals surface area contributed by atoms with E-state index in [-0.39, 0.29) is 25.0 Å². The standard InChI is InChI=1S/C23H21Cl2N3O3/c1-26-23(31)16-7-4-15(5-8-16)6-11-21(30)27-13-17-3-2-12-28(17)20-10-9-19(24)18(14-29)22(20)25/h2-12,29H,13-14H2,1H3,(H,26,31)(H,27,30). The lowest BCUT2D eigenvalue weighted by molar-refractivity contribution is -0.116. The van der Waals surface area contributed by atoms with Gasteiger partial charge in [0, 0.05) is 41.2 Å². The highest BCUT2D eigenvalue weighted by atomic mass is 35.5. The van der Waals surface area contributed by atoms with Gasteiger partial charge in [-0.05, 0) is 48.0 Å². The molecule has 0 unspecified atom stereocenters. The van der Waals surface area contributed by atoms with Crippen molar-refractivity contribution in [2.45, 2.75) is 13.2 Å². The summed E-state index contributed by atoms with van der Waals surface area (Å²) in [5.41, 5.74) is 3.28. The molecule has 0 aliphatic rings. The summed E-state index contributed by atoms with van der Waals surface area (Å²) in [4.78, 5) is 23.8. The molecule has 0 atom stereocenters. The molecule has 0 bridgehead atoms. The van der Waals surface area contributed by atoms with Gasteiger partial charge in [0.2, 0.25) is 5.91 Å². The van der Waals surface area contributed by atoms with Gasteiger partial charge in [0.25, 0.3) is 5.91 Å². The molecule has 1 aromatic heterocycles. The topological polar surface area (TPSA) is 83.4 Å². The summed E-state index contributed by atoms with van der Waals surface area (Å²) in [6, 6.07) is 14.1. The number of aliphatic hydroxyl groups excluding tert-OH is 1. The van der Waals surface area contributed by atoms with E-state index in [4.69, 9.17) is 23.2 Å². The molecule has 2 amide bonds. The Labute approximate surface area is 190 Å². The van der Waals surface area contributed by atoms with Crippen molar-refractivity contribution in [1.82, 2.24) is 15.2 Å². The minimum atomic E-state index is -0.270. The molecule has 31 heavy (non-hydrogen) atoms. The molecule has 0 fully saturated rings. The molecule has 3 N–H and O–H groups in total. The Balaban J connectivity index is 1.67. The maximum atomic E-state index is 12.2. The number of carbonyl (C=O) groups is 2. The Bertz CT molecular complexity index is 1120. The van der Waals surface area contributed by atoms with E-state index in [0.29, 0.717) is 26.9 Å². The van der Waals surface area contributed by atoms with E-state index in [9.17, 15) is 14.7 Å². The van der Waals surface area contributed by atoms with Gasteiger partial charge in [-0.25, -0.2) is 0 Å². The monoisotopic (exact) mass is 457 g/mol. The summed E-state index contributed by atoms with van der Waals surface area (Å²) in [7, 11) is 1.57. The average Bonchev–Trinajstić information content (AvgIpc) is 3.24. The van der Waals surface area contributed by atoms with Crippen molar-refractivity contribution in [3.8, 4) is 5.69 Å². The van der Waals surface area contributed by atoms with Gasteiger partial charge >= 0.3 is 0 Å². The molecule has 0 saturated heterocycles. The third kappa shape index (κ3) is 5.35. The first-order valence-electron chi connectivity index (χ1n) is 9.47. The number of nitrogens with one attached hydrogen (secondary N) is 2. The summed E-state index contributed by atoms with van der Waals surface area (Å²) in [6.45, 7) is 0.00688. The Morgan fingerprint density at radius 1 is 1.10 bits per heavy atom. The van der Waals surface area contributed by atoms with Crippen LogP contribution in [0.3, 0.4) is 0 Å².